The van der Waals surface area contributed by atoms with E-state index in [0.717, 1.165) is 49.2 Å². The predicted octanol–water partition coefficient (Wildman–Crippen LogP) is 5.42. The predicted molar refractivity (Wildman–Crippen MR) is 166 cm³/mol. The summed E-state index contributed by atoms with van der Waals surface area (Å²) in [7, 11) is 0. The molecule has 5 atom stereocenters. The second-order valence-corrected chi connectivity index (χ2v) is 12.7. The lowest BCUT2D eigenvalue weighted by molar-refractivity contribution is 0.0597. The number of para-hydroxylation sites is 1. The van der Waals surface area contributed by atoms with Crippen LogP contribution in [-0.4, -0.2) is 33.6 Å². The van der Waals surface area contributed by atoms with Gasteiger partial charge in [0, 0.05) is 41.6 Å². The van der Waals surface area contributed by atoms with Crippen LogP contribution in [0, 0.1) is 47.3 Å². The molecule has 2 aliphatic carbocycles. The Morgan fingerprint density at radius 1 is 1.11 bits per heavy atom. The summed E-state index contributed by atoms with van der Waals surface area (Å²) in [6.45, 7) is 5.62. The number of nitrogens with one attached hydrogen (secondary N) is 1. The monoisotopic (exact) mass is 584 g/mol. The van der Waals surface area contributed by atoms with Crippen molar-refractivity contribution in [2.45, 2.75) is 44.6 Å². The summed E-state index contributed by atoms with van der Waals surface area (Å²) in [5, 5.41) is 32.5. The molecule has 2 saturated carbocycles. The molecular weight excluding hydrogens is 552 g/mol. The highest BCUT2D eigenvalue weighted by atomic mass is 16.4. The maximum atomic E-state index is 13.9. The molecule has 1 saturated heterocycles. The first-order chi connectivity index (χ1) is 21.2. The number of carboxylic acid groups (broad SMARTS) is 1. The van der Waals surface area contributed by atoms with E-state index in [1.807, 2.05) is 44.2 Å². The smallest absolute Gasteiger partial charge is 0.337 e. The Morgan fingerprint density at radius 3 is 2.61 bits per heavy atom. The van der Waals surface area contributed by atoms with E-state index < -0.39 is 5.97 Å². The molecule has 2 aromatic carbocycles. The number of carboxylic acids is 1. The number of rotatable bonds is 6. The number of carbonyl (C=O) groups is 1. The summed E-state index contributed by atoms with van der Waals surface area (Å²) in [6.07, 6.45) is 4.51. The van der Waals surface area contributed by atoms with Crippen LogP contribution >= 0.6 is 0 Å². The molecule has 0 radical (unpaired) electrons. The van der Waals surface area contributed by atoms with Gasteiger partial charge in [-0.15, -0.1) is 0 Å². The number of hydrogen-bond donors (Lipinski definition) is 2. The number of aromatic nitrogens is 2. The number of aromatic carboxylic acids is 1. The first-order valence-corrected chi connectivity index (χ1v) is 15.0. The van der Waals surface area contributed by atoms with Gasteiger partial charge in [-0.1, -0.05) is 12.1 Å². The van der Waals surface area contributed by atoms with Crippen LogP contribution in [0.2, 0.25) is 0 Å². The highest BCUT2D eigenvalue weighted by Gasteiger charge is 2.63. The third kappa shape index (κ3) is 4.23. The molecular formula is C35H32N6O3. The van der Waals surface area contributed by atoms with Crippen molar-refractivity contribution in [3.8, 4) is 12.1 Å². The fraction of sp³-hybridized carbons (Fsp3) is 0.343. The number of pyridine rings is 1. The molecule has 0 spiro atoms. The quantitative estimate of drug-likeness (QED) is 0.307. The van der Waals surface area contributed by atoms with E-state index in [9.17, 15) is 25.2 Å². The molecule has 220 valence electrons. The van der Waals surface area contributed by atoms with Gasteiger partial charge in [-0.3, -0.25) is 9.20 Å². The van der Waals surface area contributed by atoms with Gasteiger partial charge < -0.3 is 15.3 Å². The van der Waals surface area contributed by atoms with E-state index in [-0.39, 0.29) is 28.1 Å². The molecule has 2 aromatic heterocycles. The second-order valence-electron chi connectivity index (χ2n) is 12.7. The second kappa shape index (κ2) is 10.2. The van der Waals surface area contributed by atoms with Crippen LogP contribution in [0.3, 0.4) is 0 Å². The fourth-order valence-corrected chi connectivity index (χ4v) is 8.28. The van der Waals surface area contributed by atoms with Gasteiger partial charge in [-0.2, -0.15) is 10.5 Å². The molecule has 3 fully saturated rings. The van der Waals surface area contributed by atoms with Gasteiger partial charge in [0.2, 0.25) is 0 Å². The number of nitrogens with zero attached hydrogens (tertiary/aromatic N) is 5. The van der Waals surface area contributed by atoms with E-state index in [4.69, 9.17) is 4.98 Å². The minimum atomic E-state index is -1.02. The Labute approximate surface area is 255 Å². The molecule has 4 unspecified atom stereocenters. The third-order valence-corrected chi connectivity index (χ3v) is 10.1. The first-order valence-electron chi connectivity index (χ1n) is 15.0. The lowest BCUT2D eigenvalue weighted by Crippen LogP contribution is -2.54. The minimum Gasteiger partial charge on any atom is -0.478 e. The van der Waals surface area contributed by atoms with Gasteiger partial charge in [-0.25, -0.2) is 9.78 Å². The highest BCUT2D eigenvalue weighted by molar-refractivity contribution is 5.94. The topological polar surface area (TPSA) is 135 Å². The SMILES string of the molecule is Cc1cc([C@@H](C)Nc2ccccc2C(=O)O)c2nc(C34CC5CC3C(CN(c3ccc(C#N)cc3)C5)C4)c(C#N)c(=O)n2c1. The average Bonchev–Trinajstić information content (AvgIpc) is 3.20. The molecule has 3 aliphatic rings. The first kappa shape index (κ1) is 27.7. The maximum Gasteiger partial charge on any atom is 0.337 e. The van der Waals surface area contributed by atoms with Crippen molar-refractivity contribution in [1.29, 1.82) is 10.5 Å². The Bertz CT molecular complexity index is 1970. The number of fused-ring (bicyclic) bond motifs is 2. The Balaban J connectivity index is 1.27. The average molecular weight is 585 g/mol. The van der Waals surface area contributed by atoms with E-state index in [1.54, 1.807) is 30.5 Å². The van der Waals surface area contributed by atoms with Crippen molar-refractivity contribution in [3.63, 3.8) is 0 Å². The molecule has 1 aliphatic heterocycles. The zero-order valence-electron chi connectivity index (χ0n) is 24.6. The number of aryl methyl sites for hydroxylation is 1. The summed E-state index contributed by atoms with van der Waals surface area (Å²) in [4.78, 5) is 33.4. The zero-order chi connectivity index (χ0) is 30.7. The van der Waals surface area contributed by atoms with E-state index in [0.29, 0.717) is 40.3 Å². The van der Waals surface area contributed by atoms with Crippen molar-refractivity contribution in [2.75, 3.05) is 23.3 Å². The summed E-state index contributed by atoms with van der Waals surface area (Å²) in [6, 6.07) is 20.6. The highest BCUT2D eigenvalue weighted by Crippen LogP contribution is 2.65. The number of hydrogen-bond acceptors (Lipinski definition) is 7. The van der Waals surface area contributed by atoms with Crippen LogP contribution in [0.25, 0.3) is 5.65 Å². The molecule has 0 amide bonds. The lowest BCUT2D eigenvalue weighted by Gasteiger charge is -2.53. The van der Waals surface area contributed by atoms with Crippen LogP contribution in [0.5, 0.6) is 0 Å². The number of anilines is 2. The molecule has 9 nitrogen and oxygen atoms in total. The van der Waals surface area contributed by atoms with Gasteiger partial charge >= 0.3 is 5.97 Å². The summed E-state index contributed by atoms with van der Waals surface area (Å²) < 4.78 is 1.49. The van der Waals surface area contributed by atoms with Crippen LogP contribution in [0.15, 0.2) is 65.6 Å². The van der Waals surface area contributed by atoms with E-state index in [2.05, 4.69) is 22.4 Å². The third-order valence-electron chi connectivity index (χ3n) is 10.1. The van der Waals surface area contributed by atoms with Gasteiger partial charge in [0.25, 0.3) is 5.56 Å². The van der Waals surface area contributed by atoms with Crippen LogP contribution in [-0.2, 0) is 5.41 Å². The van der Waals surface area contributed by atoms with Crippen molar-refractivity contribution in [3.05, 3.63) is 105 Å². The maximum absolute atomic E-state index is 13.9. The van der Waals surface area contributed by atoms with Gasteiger partial charge in [0.1, 0.15) is 17.3 Å². The lowest BCUT2D eigenvalue weighted by atomic mass is 9.53. The fourth-order valence-electron chi connectivity index (χ4n) is 8.28. The van der Waals surface area contributed by atoms with Gasteiger partial charge in [0.05, 0.1) is 28.9 Å². The van der Waals surface area contributed by atoms with Crippen molar-refractivity contribution in [1.82, 2.24) is 9.38 Å². The number of nitriles is 2. The summed E-state index contributed by atoms with van der Waals surface area (Å²) in [5.41, 5.74) is 4.62. The molecule has 7 rings (SSSR count). The molecule has 2 bridgehead atoms. The zero-order valence-corrected chi connectivity index (χ0v) is 24.6. The molecule has 44 heavy (non-hydrogen) atoms. The molecule has 4 aromatic rings. The van der Waals surface area contributed by atoms with Gasteiger partial charge in [0.15, 0.2) is 0 Å². The van der Waals surface area contributed by atoms with Crippen LogP contribution in [0.1, 0.15) is 70.5 Å². The number of benzene rings is 2. The van der Waals surface area contributed by atoms with E-state index in [1.165, 1.54) is 4.40 Å². The summed E-state index contributed by atoms with van der Waals surface area (Å²) >= 11 is 0. The Kier molecular flexibility index (Phi) is 6.44. The Morgan fingerprint density at radius 2 is 1.89 bits per heavy atom. The van der Waals surface area contributed by atoms with E-state index >= 15 is 0 Å². The molecule has 9 heteroatoms. The standard InChI is InChI=1S/C35H32N6O3/c1-20-11-27(21(2)38-30-6-4-3-5-26(30)34(43)44)32-39-31(28(16-37)33(42)41(32)17-20)35-13-23-12-29(35)24(14-35)19-40(18-23)25-9-7-22(15-36)8-10-25/h3-11,17,21,23-24,29,38H,12-14,18-19H2,1-2H3,(H,43,44)/t21-,23?,24?,29?,35?/m1/s1. The van der Waals surface area contributed by atoms with Crippen molar-refractivity contribution in [2.24, 2.45) is 17.8 Å². The van der Waals surface area contributed by atoms with Crippen LogP contribution in [0.4, 0.5) is 11.4 Å². The van der Waals surface area contributed by atoms with Crippen molar-refractivity contribution >= 4 is 23.0 Å². The Hall–Kier alpha value is -5.15. The van der Waals surface area contributed by atoms with Gasteiger partial charge in [-0.05, 0) is 98.9 Å². The van der Waals surface area contributed by atoms with Crippen molar-refractivity contribution < 1.29 is 9.90 Å². The normalized spacial score (nSPS) is 24.1. The van der Waals surface area contributed by atoms with Crippen LogP contribution < -0.4 is 15.8 Å². The molecule has 2 N–H and O–H groups in total. The largest absolute Gasteiger partial charge is 0.478 e. The minimum absolute atomic E-state index is 0.129. The summed E-state index contributed by atoms with van der Waals surface area (Å²) in [5.74, 6) is 0.143. The molecule has 3 heterocycles.